The van der Waals surface area contributed by atoms with Crippen LogP contribution >= 0.6 is 11.6 Å². The third kappa shape index (κ3) is 5.18. The number of amides is 1. The summed E-state index contributed by atoms with van der Waals surface area (Å²) in [6, 6.07) is 5.44. The molecule has 30 heavy (non-hydrogen) atoms. The fourth-order valence-electron chi connectivity index (χ4n) is 6.56. The summed E-state index contributed by atoms with van der Waals surface area (Å²) >= 11 is 6.34. The fourth-order valence-corrected chi connectivity index (χ4v) is 6.76. The Hall–Kier alpha value is -1.14. The Kier molecular flexibility index (Phi) is 7.03. The molecule has 1 amide bonds. The molecule has 0 heterocycles. The summed E-state index contributed by atoms with van der Waals surface area (Å²) in [5, 5.41) is 25.8. The molecule has 0 radical (unpaired) electrons. The topological polar surface area (TPSA) is 81.6 Å². The summed E-state index contributed by atoms with van der Waals surface area (Å²) in [5.41, 5.74) is 1.69. The van der Waals surface area contributed by atoms with Crippen molar-refractivity contribution in [2.75, 3.05) is 26.2 Å². The Morgan fingerprint density at radius 3 is 2.47 bits per heavy atom. The average molecular weight is 435 g/mol. The summed E-state index contributed by atoms with van der Waals surface area (Å²) in [7, 11) is 0. The highest BCUT2D eigenvalue weighted by atomic mass is 35.5. The summed E-state index contributed by atoms with van der Waals surface area (Å²) in [6.45, 7) is 2.03. The maximum absolute atomic E-state index is 12.9. The number of nitrogens with one attached hydrogen (secondary N) is 2. The van der Waals surface area contributed by atoms with Crippen LogP contribution in [0.2, 0.25) is 5.02 Å². The third-order valence-electron chi connectivity index (χ3n) is 7.43. The number of rotatable bonds is 10. The lowest BCUT2D eigenvalue weighted by Gasteiger charge is -2.56. The van der Waals surface area contributed by atoms with Crippen LogP contribution in [0.25, 0.3) is 0 Å². The number of hydrogen-bond donors (Lipinski definition) is 4. The molecule has 5 rings (SSSR count). The van der Waals surface area contributed by atoms with Gasteiger partial charge in [-0.3, -0.25) is 4.79 Å². The minimum absolute atomic E-state index is 0.104. The lowest BCUT2D eigenvalue weighted by atomic mass is 9.49. The molecule has 0 aromatic heterocycles. The molecular formula is C24H35ClN2O3. The Balaban J connectivity index is 1.33. The van der Waals surface area contributed by atoms with E-state index >= 15 is 0 Å². The predicted molar refractivity (Wildman–Crippen MR) is 119 cm³/mol. The van der Waals surface area contributed by atoms with Crippen molar-refractivity contribution in [1.29, 1.82) is 0 Å². The van der Waals surface area contributed by atoms with Crippen LogP contribution in [-0.4, -0.2) is 48.5 Å². The van der Waals surface area contributed by atoms with Gasteiger partial charge in [0, 0.05) is 19.7 Å². The van der Waals surface area contributed by atoms with Crippen molar-refractivity contribution in [1.82, 2.24) is 10.6 Å². The Labute approximate surface area is 184 Å². The molecule has 4 bridgehead atoms. The second-order valence-electron chi connectivity index (χ2n) is 10.1. The number of halogens is 1. The molecule has 1 atom stereocenters. The zero-order valence-corrected chi connectivity index (χ0v) is 18.5. The Morgan fingerprint density at radius 2 is 1.83 bits per heavy atom. The summed E-state index contributed by atoms with van der Waals surface area (Å²) in [4.78, 5) is 12.9. The van der Waals surface area contributed by atoms with E-state index in [9.17, 15) is 9.90 Å². The van der Waals surface area contributed by atoms with Gasteiger partial charge >= 0.3 is 0 Å². The highest BCUT2D eigenvalue weighted by molar-refractivity contribution is 6.33. The van der Waals surface area contributed by atoms with Gasteiger partial charge in [-0.25, -0.2) is 0 Å². The first kappa shape index (κ1) is 22.1. The molecule has 0 spiro atoms. The molecule has 4 saturated carbocycles. The molecule has 6 heteroatoms. The number of carbonyl (C=O) groups excluding carboxylic acids is 1. The third-order valence-corrected chi connectivity index (χ3v) is 7.76. The largest absolute Gasteiger partial charge is 0.396 e. The quantitative estimate of drug-likeness (QED) is 0.426. The van der Waals surface area contributed by atoms with Crippen LogP contribution < -0.4 is 10.6 Å². The number of benzene rings is 1. The normalized spacial score (nSPS) is 30.4. The monoisotopic (exact) mass is 434 g/mol. The van der Waals surface area contributed by atoms with Crippen LogP contribution in [0.1, 0.15) is 60.9 Å². The van der Waals surface area contributed by atoms with Crippen molar-refractivity contribution in [3.05, 3.63) is 34.3 Å². The lowest BCUT2D eigenvalue weighted by molar-refractivity contribution is -0.0503. The van der Waals surface area contributed by atoms with Crippen LogP contribution in [0.3, 0.4) is 0 Å². The molecule has 4 N–H and O–H groups in total. The summed E-state index contributed by atoms with van der Waals surface area (Å²) < 4.78 is 0. The molecule has 0 saturated heterocycles. The molecule has 1 aromatic carbocycles. The van der Waals surface area contributed by atoms with Gasteiger partial charge in [0.05, 0.1) is 16.7 Å². The molecule has 4 fully saturated rings. The highest BCUT2D eigenvalue weighted by Crippen LogP contribution is 2.59. The number of aliphatic hydroxyl groups excluding tert-OH is 2. The molecule has 1 aromatic rings. The molecule has 5 nitrogen and oxygen atoms in total. The molecule has 166 valence electrons. The smallest absolute Gasteiger partial charge is 0.252 e. The lowest BCUT2D eigenvalue weighted by Crippen LogP contribution is -2.51. The predicted octanol–water partition coefficient (Wildman–Crippen LogP) is 3.16. The van der Waals surface area contributed by atoms with Gasteiger partial charge in [0.15, 0.2) is 0 Å². The second-order valence-corrected chi connectivity index (χ2v) is 10.5. The minimum atomic E-state index is -0.548. The first-order valence-electron chi connectivity index (χ1n) is 11.5. The number of aliphatic hydroxyl groups is 2. The van der Waals surface area contributed by atoms with Crippen molar-refractivity contribution < 1.29 is 15.0 Å². The molecule has 1 unspecified atom stereocenters. The summed E-state index contributed by atoms with van der Waals surface area (Å²) in [5.74, 6) is 2.50. The van der Waals surface area contributed by atoms with Crippen LogP contribution in [0.15, 0.2) is 18.2 Å². The first-order valence-corrected chi connectivity index (χ1v) is 11.9. The van der Waals surface area contributed by atoms with E-state index in [-0.39, 0.29) is 12.5 Å². The van der Waals surface area contributed by atoms with Crippen LogP contribution in [0, 0.1) is 23.2 Å². The zero-order chi connectivity index (χ0) is 21.1. The van der Waals surface area contributed by atoms with E-state index in [2.05, 4.69) is 10.6 Å². The van der Waals surface area contributed by atoms with Gasteiger partial charge < -0.3 is 20.8 Å². The molecule has 0 aliphatic heterocycles. The Morgan fingerprint density at radius 1 is 1.17 bits per heavy atom. The van der Waals surface area contributed by atoms with Crippen LogP contribution in [0.4, 0.5) is 0 Å². The zero-order valence-electron chi connectivity index (χ0n) is 17.7. The van der Waals surface area contributed by atoms with E-state index in [4.69, 9.17) is 16.7 Å². The van der Waals surface area contributed by atoms with Gasteiger partial charge in [-0.1, -0.05) is 17.7 Å². The maximum atomic E-state index is 12.9. The van der Waals surface area contributed by atoms with Crippen molar-refractivity contribution in [3.8, 4) is 0 Å². The van der Waals surface area contributed by atoms with Crippen LogP contribution in [-0.2, 0) is 6.42 Å². The van der Waals surface area contributed by atoms with E-state index in [1.165, 1.54) is 38.5 Å². The van der Waals surface area contributed by atoms with Crippen molar-refractivity contribution >= 4 is 17.5 Å². The van der Waals surface area contributed by atoms with E-state index in [0.29, 0.717) is 41.9 Å². The van der Waals surface area contributed by atoms with Gasteiger partial charge in [0.1, 0.15) is 0 Å². The molecular weight excluding hydrogens is 400 g/mol. The number of carbonyl (C=O) groups is 1. The van der Waals surface area contributed by atoms with E-state index in [0.717, 1.165) is 29.9 Å². The Bertz CT molecular complexity index is 719. The van der Waals surface area contributed by atoms with Gasteiger partial charge in [-0.15, -0.1) is 0 Å². The van der Waals surface area contributed by atoms with Gasteiger partial charge in [0.25, 0.3) is 5.91 Å². The highest BCUT2D eigenvalue weighted by Gasteiger charge is 2.50. The summed E-state index contributed by atoms with van der Waals surface area (Å²) in [6.07, 6.45) is 8.58. The van der Waals surface area contributed by atoms with E-state index in [1.54, 1.807) is 6.07 Å². The van der Waals surface area contributed by atoms with Gasteiger partial charge in [-0.05, 0) is 98.8 Å². The fraction of sp³-hybridized carbons (Fsp3) is 0.708. The minimum Gasteiger partial charge on any atom is -0.396 e. The molecule has 4 aliphatic rings. The van der Waals surface area contributed by atoms with Crippen molar-refractivity contribution in [2.24, 2.45) is 23.2 Å². The first-order chi connectivity index (χ1) is 14.5. The van der Waals surface area contributed by atoms with Crippen LogP contribution in [0.5, 0.6) is 0 Å². The van der Waals surface area contributed by atoms with Crippen molar-refractivity contribution in [3.63, 3.8) is 0 Å². The molecule has 4 aliphatic carbocycles. The number of hydrogen-bond acceptors (Lipinski definition) is 4. The van der Waals surface area contributed by atoms with E-state index in [1.807, 2.05) is 12.1 Å². The maximum Gasteiger partial charge on any atom is 0.252 e. The standard InChI is InChI=1S/C24H35ClN2O3/c25-22-3-2-16(9-20(29)14-26-4-1-5-28)10-21(22)23(30)27-15-24-11-17-6-18(12-24)8-19(7-17)13-24/h2-3,10,17-20,26,28-29H,1,4-9,11-15H2,(H,27,30). The SMILES string of the molecule is O=C(NCC12CC3CC(CC(C3)C1)C2)c1cc(CC(O)CNCCCO)ccc1Cl. The van der Waals surface area contributed by atoms with Gasteiger partial charge in [-0.2, -0.15) is 0 Å². The van der Waals surface area contributed by atoms with Gasteiger partial charge in [0.2, 0.25) is 0 Å². The average Bonchev–Trinajstić information content (AvgIpc) is 2.70. The van der Waals surface area contributed by atoms with E-state index < -0.39 is 6.10 Å². The second kappa shape index (κ2) is 9.56. The van der Waals surface area contributed by atoms with Crippen molar-refractivity contribution in [2.45, 2.75) is 57.5 Å².